The third kappa shape index (κ3) is 3.26. The molecule has 0 saturated heterocycles. The van der Waals surface area contributed by atoms with E-state index >= 15 is 0 Å². The molecule has 0 fully saturated rings. The summed E-state index contributed by atoms with van der Waals surface area (Å²) >= 11 is 0. The summed E-state index contributed by atoms with van der Waals surface area (Å²) in [5.74, 6) is -0.356. The summed E-state index contributed by atoms with van der Waals surface area (Å²) < 4.78 is 0. The fourth-order valence-electron chi connectivity index (χ4n) is 7.40. The molecule has 2 heterocycles. The van der Waals surface area contributed by atoms with Crippen molar-refractivity contribution in [2.45, 2.75) is 40.0 Å². The number of carbonyl (C=O) groups is 2. The Morgan fingerprint density at radius 3 is 1.83 bits per heavy atom. The lowest BCUT2D eigenvalue weighted by Crippen LogP contribution is -2.40. The first-order chi connectivity index (χ1) is 20.5. The molecule has 8 rings (SSSR count). The third-order valence-electron chi connectivity index (χ3n) is 9.33. The van der Waals surface area contributed by atoms with Gasteiger partial charge >= 0.3 is 0 Å². The first-order valence-corrected chi connectivity index (χ1v) is 14.9. The highest BCUT2D eigenvalue weighted by Crippen LogP contribution is 2.46. The smallest absolute Gasteiger partial charge is 0.261 e. The zero-order valence-electron chi connectivity index (χ0n) is 24.0. The van der Waals surface area contributed by atoms with Crippen LogP contribution in [0.25, 0.3) is 65.0 Å². The van der Waals surface area contributed by atoms with Crippen molar-refractivity contribution in [3.05, 3.63) is 101 Å². The Bertz CT molecular complexity index is 2200. The monoisotopic (exact) mass is 546 g/mol. The fourth-order valence-corrected chi connectivity index (χ4v) is 7.40. The van der Waals surface area contributed by atoms with E-state index in [1.165, 1.54) is 43.1 Å². The van der Waals surface area contributed by atoms with Gasteiger partial charge in [-0.1, -0.05) is 74.4 Å². The number of fused-ring (bicyclic) bond motifs is 3. The van der Waals surface area contributed by atoms with Crippen LogP contribution in [0.4, 0.5) is 0 Å². The zero-order valence-corrected chi connectivity index (χ0v) is 24.0. The summed E-state index contributed by atoms with van der Waals surface area (Å²) in [5.41, 5.74) is 5.90. The van der Waals surface area contributed by atoms with Gasteiger partial charge in [-0.05, 0) is 98.2 Å². The van der Waals surface area contributed by atoms with E-state index in [0.29, 0.717) is 17.7 Å². The standard InChI is InChI=1S/C38H30N2O2/c1-4-5-6-20-40-37(41)31-16-14-28-26-9-7-8-25-24(23-11-10-21(2)33-22(3)39-19-18-30(23)33)12-13-27(34(25)26)29-15-17-32(38(40)42)36(31)35(28)29/h7-19H,4-6,20H2,1-3H3. The predicted octanol–water partition coefficient (Wildman–Crippen LogP) is 9.36. The molecule has 0 aliphatic carbocycles. The van der Waals surface area contributed by atoms with Gasteiger partial charge < -0.3 is 0 Å². The van der Waals surface area contributed by atoms with Crippen LogP contribution in [0.1, 0.15) is 58.2 Å². The number of hydrogen-bond acceptors (Lipinski definition) is 3. The molecule has 0 spiro atoms. The van der Waals surface area contributed by atoms with Crippen LogP contribution < -0.4 is 0 Å². The van der Waals surface area contributed by atoms with Gasteiger partial charge in [-0.3, -0.25) is 19.5 Å². The van der Waals surface area contributed by atoms with Crippen LogP contribution in [0.15, 0.2) is 79.0 Å². The summed E-state index contributed by atoms with van der Waals surface area (Å²) in [6.07, 6.45) is 4.76. The van der Waals surface area contributed by atoms with Crippen LogP contribution in [0.2, 0.25) is 0 Å². The Kier molecular flexibility index (Phi) is 5.39. The second-order valence-electron chi connectivity index (χ2n) is 11.7. The van der Waals surface area contributed by atoms with Gasteiger partial charge in [0.1, 0.15) is 0 Å². The lowest BCUT2D eigenvalue weighted by molar-refractivity contribution is 0.0608. The molecular weight excluding hydrogens is 516 g/mol. The molecular formula is C38H30N2O2. The average Bonchev–Trinajstić information content (AvgIpc) is 3.00. The third-order valence-corrected chi connectivity index (χ3v) is 9.33. The summed E-state index contributed by atoms with van der Waals surface area (Å²) in [5, 5.41) is 11.1. The minimum Gasteiger partial charge on any atom is -0.274 e. The SMILES string of the molecule is CCCCCN1C(=O)c2ccc3c4cccc5c(-c6ccc(C)c7c(C)nccc67)ccc(c6ccc(c2c36)C1=O)c54. The first kappa shape index (κ1) is 24.9. The number of nitrogens with zero attached hydrogens (tertiary/aromatic N) is 2. The Morgan fingerprint density at radius 2 is 1.14 bits per heavy atom. The number of aromatic nitrogens is 1. The van der Waals surface area contributed by atoms with Gasteiger partial charge in [0.05, 0.1) is 0 Å². The maximum atomic E-state index is 13.6. The van der Waals surface area contributed by atoms with Gasteiger partial charge in [0.2, 0.25) is 0 Å². The second kappa shape index (κ2) is 9.09. The van der Waals surface area contributed by atoms with E-state index in [4.69, 9.17) is 0 Å². The summed E-state index contributed by atoms with van der Waals surface area (Å²) in [6.45, 7) is 6.81. The Labute approximate surface area is 243 Å². The van der Waals surface area contributed by atoms with Crippen LogP contribution in [0.5, 0.6) is 0 Å². The predicted molar refractivity (Wildman–Crippen MR) is 173 cm³/mol. The Balaban J connectivity index is 1.42. The number of rotatable bonds is 5. The molecule has 4 nitrogen and oxygen atoms in total. The van der Waals surface area contributed by atoms with E-state index in [1.54, 1.807) is 0 Å². The van der Waals surface area contributed by atoms with Crippen LogP contribution >= 0.6 is 0 Å². The van der Waals surface area contributed by atoms with Crippen LogP contribution in [-0.4, -0.2) is 28.2 Å². The molecule has 6 aromatic carbocycles. The van der Waals surface area contributed by atoms with Crippen molar-refractivity contribution in [1.82, 2.24) is 9.88 Å². The van der Waals surface area contributed by atoms with E-state index in [9.17, 15) is 9.59 Å². The molecule has 42 heavy (non-hydrogen) atoms. The lowest BCUT2D eigenvalue weighted by Gasteiger charge is -2.28. The molecule has 0 bridgehead atoms. The summed E-state index contributed by atoms with van der Waals surface area (Å²) in [4.78, 5) is 33.3. The number of pyridine rings is 1. The molecule has 1 aliphatic rings. The molecule has 1 aromatic heterocycles. The minimum absolute atomic E-state index is 0.178. The second-order valence-corrected chi connectivity index (χ2v) is 11.7. The molecule has 0 radical (unpaired) electrons. The molecule has 4 heteroatoms. The van der Waals surface area contributed by atoms with Gasteiger partial charge in [-0.25, -0.2) is 0 Å². The topological polar surface area (TPSA) is 50.3 Å². The van der Waals surface area contributed by atoms with Gasteiger partial charge in [-0.15, -0.1) is 0 Å². The Morgan fingerprint density at radius 1 is 0.571 bits per heavy atom. The van der Waals surface area contributed by atoms with Gasteiger partial charge in [0.25, 0.3) is 11.8 Å². The molecule has 7 aromatic rings. The number of hydrogen-bond donors (Lipinski definition) is 0. The van der Waals surface area contributed by atoms with Crippen LogP contribution in [0, 0.1) is 13.8 Å². The highest BCUT2D eigenvalue weighted by molar-refractivity contribution is 6.39. The van der Waals surface area contributed by atoms with Crippen molar-refractivity contribution in [2.24, 2.45) is 0 Å². The van der Waals surface area contributed by atoms with E-state index < -0.39 is 0 Å². The zero-order chi connectivity index (χ0) is 28.7. The largest absolute Gasteiger partial charge is 0.274 e. The van der Waals surface area contributed by atoms with Crippen molar-refractivity contribution < 1.29 is 9.59 Å². The van der Waals surface area contributed by atoms with Gasteiger partial charge in [0, 0.05) is 40.3 Å². The van der Waals surface area contributed by atoms with E-state index in [1.807, 2.05) is 18.3 Å². The maximum absolute atomic E-state index is 13.6. The van der Waals surface area contributed by atoms with Crippen molar-refractivity contribution in [3.8, 4) is 11.1 Å². The van der Waals surface area contributed by atoms with Crippen molar-refractivity contribution >= 4 is 65.7 Å². The number of unbranched alkanes of at least 4 members (excludes halogenated alkanes) is 2. The van der Waals surface area contributed by atoms with Crippen LogP contribution in [0.3, 0.4) is 0 Å². The summed E-state index contributed by atoms with van der Waals surface area (Å²) in [6, 6.07) is 25.6. The number of benzene rings is 6. The first-order valence-electron chi connectivity index (χ1n) is 14.9. The van der Waals surface area contributed by atoms with Crippen molar-refractivity contribution in [2.75, 3.05) is 6.54 Å². The quantitative estimate of drug-likeness (QED) is 0.0935. The normalized spacial score (nSPS) is 13.5. The van der Waals surface area contributed by atoms with Gasteiger partial charge in [-0.2, -0.15) is 0 Å². The van der Waals surface area contributed by atoms with E-state index in [-0.39, 0.29) is 11.8 Å². The Hall–Kier alpha value is -4.83. The van der Waals surface area contributed by atoms with Gasteiger partial charge in [0.15, 0.2) is 0 Å². The lowest BCUT2D eigenvalue weighted by atomic mass is 9.83. The van der Waals surface area contributed by atoms with Crippen molar-refractivity contribution in [3.63, 3.8) is 0 Å². The highest BCUT2D eigenvalue weighted by Gasteiger charge is 2.33. The minimum atomic E-state index is -0.178. The number of amides is 2. The number of carbonyl (C=O) groups excluding carboxylic acids is 2. The van der Waals surface area contributed by atoms with E-state index in [2.05, 4.69) is 86.4 Å². The highest BCUT2D eigenvalue weighted by atomic mass is 16.2. The molecule has 0 unspecified atom stereocenters. The molecule has 0 atom stereocenters. The molecule has 2 amide bonds. The molecule has 0 N–H and O–H groups in total. The summed E-state index contributed by atoms with van der Waals surface area (Å²) in [7, 11) is 0. The van der Waals surface area contributed by atoms with Crippen molar-refractivity contribution in [1.29, 1.82) is 0 Å². The fraction of sp³-hybridized carbons (Fsp3) is 0.184. The van der Waals surface area contributed by atoms with Crippen LogP contribution in [-0.2, 0) is 0 Å². The average molecular weight is 547 g/mol. The molecule has 1 aliphatic heterocycles. The number of aryl methyl sites for hydroxylation is 2. The maximum Gasteiger partial charge on any atom is 0.261 e. The molecule has 204 valence electrons. The van der Waals surface area contributed by atoms with E-state index in [0.717, 1.165) is 57.3 Å². The number of imide groups is 1. The molecule has 0 saturated carbocycles.